The lowest BCUT2D eigenvalue weighted by Gasteiger charge is -2.01. The number of nitrogens with two attached hydrogens (primary N) is 1. The van der Waals surface area contributed by atoms with Crippen molar-refractivity contribution in [3.05, 3.63) is 29.8 Å². The fourth-order valence-electron chi connectivity index (χ4n) is 1.20. The van der Waals surface area contributed by atoms with Crippen LogP contribution in [0.2, 0.25) is 0 Å². The van der Waals surface area contributed by atoms with Crippen molar-refractivity contribution in [2.24, 2.45) is 0 Å². The first-order chi connectivity index (χ1) is 5.79. The Morgan fingerprint density at radius 2 is 1.92 bits per heavy atom. The number of nitrogens with zero attached hydrogens (tertiary/aromatic N) is 2. The average Bonchev–Trinajstić information content (AvgIpc) is 2.12. The lowest BCUT2D eigenvalue weighted by molar-refractivity contribution is 1.07. The van der Waals surface area contributed by atoms with E-state index in [0.717, 1.165) is 16.5 Å². The molecule has 0 fully saturated rings. The third-order valence-corrected chi connectivity index (χ3v) is 1.96. The summed E-state index contributed by atoms with van der Waals surface area (Å²) in [7, 11) is 0. The number of fused-ring (bicyclic) bond motifs is 1. The molecule has 0 radical (unpaired) electrons. The molecule has 1 aromatic carbocycles. The highest BCUT2D eigenvalue weighted by Gasteiger charge is 2.01. The molecule has 0 aliphatic heterocycles. The minimum Gasteiger partial charge on any atom is -0.382 e. The monoisotopic (exact) mass is 159 g/mol. The zero-order valence-corrected chi connectivity index (χ0v) is 6.78. The summed E-state index contributed by atoms with van der Waals surface area (Å²) in [5.41, 5.74) is 7.51. The normalized spacial score (nSPS) is 10.4. The van der Waals surface area contributed by atoms with E-state index in [1.165, 1.54) is 0 Å². The van der Waals surface area contributed by atoms with E-state index in [1.807, 2.05) is 31.2 Å². The molecule has 1 heterocycles. The van der Waals surface area contributed by atoms with Crippen LogP contribution >= 0.6 is 0 Å². The SMILES string of the molecule is Cc1c(N)nnc2ccccc12. The Hall–Kier alpha value is -1.64. The molecule has 12 heavy (non-hydrogen) atoms. The number of aromatic nitrogens is 2. The highest BCUT2D eigenvalue weighted by molar-refractivity contribution is 5.84. The number of anilines is 1. The third kappa shape index (κ3) is 0.906. The van der Waals surface area contributed by atoms with Crippen LogP contribution in [0.25, 0.3) is 10.9 Å². The summed E-state index contributed by atoms with van der Waals surface area (Å²) in [6, 6.07) is 7.83. The second-order valence-electron chi connectivity index (χ2n) is 2.73. The maximum atomic E-state index is 5.61. The first-order valence-corrected chi connectivity index (χ1v) is 3.76. The molecule has 0 amide bonds. The van der Waals surface area contributed by atoms with Gasteiger partial charge in [0.25, 0.3) is 0 Å². The van der Waals surface area contributed by atoms with Crippen molar-refractivity contribution in [2.45, 2.75) is 6.92 Å². The van der Waals surface area contributed by atoms with Gasteiger partial charge in [-0.2, -0.15) is 0 Å². The van der Waals surface area contributed by atoms with Crippen LogP contribution in [0.5, 0.6) is 0 Å². The highest BCUT2D eigenvalue weighted by atomic mass is 15.1. The van der Waals surface area contributed by atoms with E-state index in [2.05, 4.69) is 10.2 Å². The Bertz CT molecular complexity index is 423. The number of rotatable bonds is 0. The van der Waals surface area contributed by atoms with Gasteiger partial charge in [0.05, 0.1) is 5.52 Å². The number of benzene rings is 1. The van der Waals surface area contributed by atoms with Crippen LogP contribution in [0, 0.1) is 6.92 Å². The van der Waals surface area contributed by atoms with Gasteiger partial charge >= 0.3 is 0 Å². The van der Waals surface area contributed by atoms with Crippen LogP contribution in [0.1, 0.15) is 5.56 Å². The second kappa shape index (κ2) is 2.44. The molecule has 0 aliphatic carbocycles. The predicted octanol–water partition coefficient (Wildman–Crippen LogP) is 1.52. The van der Waals surface area contributed by atoms with Crippen LogP contribution in [-0.4, -0.2) is 10.2 Å². The summed E-state index contributed by atoms with van der Waals surface area (Å²) in [6.07, 6.45) is 0. The minimum absolute atomic E-state index is 0.508. The van der Waals surface area contributed by atoms with Crippen molar-refractivity contribution in [3.63, 3.8) is 0 Å². The first kappa shape index (κ1) is 7.03. The smallest absolute Gasteiger partial charge is 0.149 e. The average molecular weight is 159 g/mol. The lowest BCUT2D eigenvalue weighted by Crippen LogP contribution is -1.97. The van der Waals surface area contributed by atoms with Crippen LogP contribution < -0.4 is 5.73 Å². The quantitative estimate of drug-likeness (QED) is 0.634. The van der Waals surface area contributed by atoms with Crippen molar-refractivity contribution in [2.75, 3.05) is 5.73 Å². The molecule has 3 nitrogen and oxygen atoms in total. The van der Waals surface area contributed by atoms with E-state index in [4.69, 9.17) is 5.73 Å². The topological polar surface area (TPSA) is 51.8 Å². The van der Waals surface area contributed by atoms with Gasteiger partial charge in [0.2, 0.25) is 0 Å². The summed E-state index contributed by atoms with van der Waals surface area (Å²) in [6.45, 7) is 1.95. The van der Waals surface area contributed by atoms with Crippen LogP contribution in [0.15, 0.2) is 24.3 Å². The van der Waals surface area contributed by atoms with E-state index in [9.17, 15) is 0 Å². The fourth-order valence-corrected chi connectivity index (χ4v) is 1.20. The van der Waals surface area contributed by atoms with Gasteiger partial charge in [0.1, 0.15) is 5.82 Å². The van der Waals surface area contributed by atoms with Crippen LogP contribution in [0.4, 0.5) is 5.82 Å². The minimum atomic E-state index is 0.508. The van der Waals surface area contributed by atoms with Crippen LogP contribution in [-0.2, 0) is 0 Å². The number of hydrogen-bond donors (Lipinski definition) is 1. The summed E-state index contributed by atoms with van der Waals surface area (Å²) < 4.78 is 0. The summed E-state index contributed by atoms with van der Waals surface area (Å²) in [5, 5.41) is 8.88. The van der Waals surface area contributed by atoms with Crippen LogP contribution in [0.3, 0.4) is 0 Å². The molecule has 0 atom stereocenters. The van der Waals surface area contributed by atoms with Gasteiger partial charge in [-0.05, 0) is 13.0 Å². The van der Waals surface area contributed by atoms with Crippen molar-refractivity contribution in [3.8, 4) is 0 Å². The molecular formula is C9H9N3. The zero-order chi connectivity index (χ0) is 8.55. The third-order valence-electron chi connectivity index (χ3n) is 1.96. The van der Waals surface area contributed by atoms with Crippen molar-refractivity contribution < 1.29 is 0 Å². The van der Waals surface area contributed by atoms with E-state index < -0.39 is 0 Å². The van der Waals surface area contributed by atoms with E-state index in [1.54, 1.807) is 0 Å². The number of nitrogen functional groups attached to an aromatic ring is 1. The maximum Gasteiger partial charge on any atom is 0.149 e. The van der Waals surface area contributed by atoms with Crippen molar-refractivity contribution >= 4 is 16.7 Å². The van der Waals surface area contributed by atoms with E-state index >= 15 is 0 Å². The maximum absolute atomic E-state index is 5.61. The first-order valence-electron chi connectivity index (χ1n) is 3.76. The predicted molar refractivity (Wildman–Crippen MR) is 48.7 cm³/mol. The van der Waals surface area contributed by atoms with E-state index in [0.29, 0.717) is 5.82 Å². The molecule has 0 bridgehead atoms. The van der Waals surface area contributed by atoms with Crippen molar-refractivity contribution in [1.82, 2.24) is 10.2 Å². The molecule has 2 rings (SSSR count). The Morgan fingerprint density at radius 3 is 2.75 bits per heavy atom. The fraction of sp³-hybridized carbons (Fsp3) is 0.111. The molecule has 60 valence electrons. The molecule has 3 heteroatoms. The zero-order valence-electron chi connectivity index (χ0n) is 6.78. The Labute approximate surface area is 70.2 Å². The van der Waals surface area contributed by atoms with Gasteiger partial charge in [-0.3, -0.25) is 0 Å². The molecule has 0 spiro atoms. The van der Waals surface area contributed by atoms with Gasteiger partial charge in [-0.25, -0.2) is 0 Å². The summed E-state index contributed by atoms with van der Waals surface area (Å²) in [5.74, 6) is 0.508. The molecule has 1 aromatic heterocycles. The van der Waals surface area contributed by atoms with Gasteiger partial charge in [0, 0.05) is 10.9 Å². The number of hydrogen-bond acceptors (Lipinski definition) is 3. The van der Waals surface area contributed by atoms with Crippen molar-refractivity contribution in [1.29, 1.82) is 0 Å². The second-order valence-corrected chi connectivity index (χ2v) is 2.73. The molecule has 0 saturated carbocycles. The van der Waals surface area contributed by atoms with Gasteiger partial charge in [-0.15, -0.1) is 10.2 Å². The Kier molecular flexibility index (Phi) is 1.43. The van der Waals surface area contributed by atoms with Gasteiger partial charge in [-0.1, -0.05) is 18.2 Å². The molecule has 0 saturated heterocycles. The Balaban J connectivity index is 2.91. The molecule has 0 unspecified atom stereocenters. The van der Waals surface area contributed by atoms with Gasteiger partial charge in [0.15, 0.2) is 0 Å². The summed E-state index contributed by atoms with van der Waals surface area (Å²) >= 11 is 0. The summed E-state index contributed by atoms with van der Waals surface area (Å²) in [4.78, 5) is 0. The van der Waals surface area contributed by atoms with E-state index in [-0.39, 0.29) is 0 Å². The number of aryl methyl sites for hydroxylation is 1. The largest absolute Gasteiger partial charge is 0.382 e. The Morgan fingerprint density at radius 1 is 1.17 bits per heavy atom. The molecule has 2 N–H and O–H groups in total. The van der Waals surface area contributed by atoms with Gasteiger partial charge < -0.3 is 5.73 Å². The highest BCUT2D eigenvalue weighted by Crippen LogP contribution is 2.17. The molecular weight excluding hydrogens is 150 g/mol. The molecule has 0 aliphatic rings. The standard InChI is InChI=1S/C9H9N3/c1-6-7-4-2-3-5-8(7)11-12-9(6)10/h2-5H,1H3,(H2,10,12). The lowest BCUT2D eigenvalue weighted by atomic mass is 10.1. The molecule has 2 aromatic rings.